The molecule has 6 N–H and O–H groups in total. The third-order valence-electron chi connectivity index (χ3n) is 7.08. The molecule has 0 bridgehead atoms. The van der Waals surface area contributed by atoms with Crippen LogP contribution >= 0.6 is 8.96 Å². The quantitative estimate of drug-likeness (QED) is 0.107. The summed E-state index contributed by atoms with van der Waals surface area (Å²) in [4.78, 5) is 47.2. The van der Waals surface area contributed by atoms with E-state index in [1.54, 1.807) is 24.8 Å². The minimum Gasteiger partial charge on any atom is -0.497 e. The number of anilines is 1. The molecule has 45 heavy (non-hydrogen) atoms. The van der Waals surface area contributed by atoms with Crippen LogP contribution in [0.1, 0.15) is 47.0 Å². The fourth-order valence-electron chi connectivity index (χ4n) is 3.98. The van der Waals surface area contributed by atoms with Crippen molar-refractivity contribution in [1.82, 2.24) is 24.6 Å². The molecular weight excluding hydrogens is 601 g/mol. The van der Waals surface area contributed by atoms with Crippen LogP contribution in [0.15, 0.2) is 47.0 Å². The molecule has 1 aromatic carbocycles. The Kier molecular flexibility index (Phi) is 13.5. The van der Waals surface area contributed by atoms with Gasteiger partial charge in [0, 0.05) is 6.20 Å². The molecule has 246 valence electrons. The molecule has 0 radical (unpaired) electrons. The number of imidazole rings is 1. The second-order valence-corrected chi connectivity index (χ2v) is 11.8. The fraction of sp³-hybridized carbons (Fsp3) is 0.500. The summed E-state index contributed by atoms with van der Waals surface area (Å²) in [5, 5.41) is 3.01. The molecule has 0 amide bonds. The van der Waals surface area contributed by atoms with Gasteiger partial charge in [-0.25, -0.2) is 4.98 Å². The first-order valence-electron chi connectivity index (χ1n) is 14.7. The number of nitrogens with one attached hydrogen (secondary N) is 2. The number of carbonyl (C=O) groups excluding carboxylic acids is 2. The third-order valence-corrected chi connectivity index (χ3v) is 7.92. The van der Waals surface area contributed by atoms with Crippen LogP contribution in [0.3, 0.4) is 0 Å². The van der Waals surface area contributed by atoms with Crippen molar-refractivity contribution in [2.75, 3.05) is 32.7 Å². The van der Waals surface area contributed by atoms with Crippen molar-refractivity contribution in [2.24, 2.45) is 17.1 Å². The molecule has 14 nitrogen and oxygen atoms in total. The Bertz CT molecular complexity index is 1490. The maximum absolute atomic E-state index is 12.4. The standard InChI is InChI=1S/C23H36N7O6P.C7H8O/c1-5-6-7-34-20(32)14(4)29-37-36-11-23(10-35-21(33)16(24)13(2)3)8-15(23)9-30-12-26-17-18(30)27-22(25)28-19(17)31;1-8-7-5-3-2-4-6-7/h9,12-14,16,29,37H,5-8,10-11,24H2,1-4H3,(H3,25,27,28,31);2-6H,1H3/b15-9-;/t14?,16?,23-;/m0./s1. The number of unbranched alkanes of at least 4 members (excludes halogenated alkanes) is 1. The van der Waals surface area contributed by atoms with E-state index in [2.05, 4.69) is 20.0 Å². The second kappa shape index (κ2) is 17.0. The zero-order chi connectivity index (χ0) is 33.0. The molecule has 2 aromatic heterocycles. The highest BCUT2D eigenvalue weighted by Gasteiger charge is 2.51. The molecule has 0 saturated heterocycles. The lowest BCUT2D eigenvalue weighted by atomic mass is 10.1. The zero-order valence-electron chi connectivity index (χ0n) is 26.4. The molecule has 15 heteroatoms. The summed E-state index contributed by atoms with van der Waals surface area (Å²) in [5.74, 6) is 0.00202. The van der Waals surface area contributed by atoms with Crippen molar-refractivity contribution in [1.29, 1.82) is 0 Å². The topological polar surface area (TPSA) is 199 Å². The SMILES string of the molecule is CCCCOC(=O)C(C)NPOC[C@@]1(COC(=O)C(N)C(C)C)C/C1=C/n1cnc2c(=O)[nH]c(N)nc21.COc1ccccc1. The highest BCUT2D eigenvalue weighted by atomic mass is 31.1. The van der Waals surface area contributed by atoms with Gasteiger partial charge in [-0.15, -0.1) is 0 Å². The minimum absolute atomic E-state index is 0.0192. The number of nitrogens with two attached hydrogens (primary N) is 2. The summed E-state index contributed by atoms with van der Waals surface area (Å²) < 4.78 is 23.1. The van der Waals surface area contributed by atoms with Crippen LogP contribution in [-0.2, 0) is 23.6 Å². The van der Waals surface area contributed by atoms with Crippen LogP contribution in [0, 0.1) is 11.3 Å². The van der Waals surface area contributed by atoms with E-state index in [9.17, 15) is 14.4 Å². The van der Waals surface area contributed by atoms with Gasteiger partial charge in [0.1, 0.15) is 30.8 Å². The Hall–Kier alpha value is -3.84. The Morgan fingerprint density at radius 1 is 1.18 bits per heavy atom. The highest BCUT2D eigenvalue weighted by molar-refractivity contribution is 7.29. The molecule has 3 aromatic rings. The van der Waals surface area contributed by atoms with Crippen LogP contribution in [-0.4, -0.2) is 70.5 Å². The molecule has 1 fully saturated rings. The number of fused-ring (bicyclic) bond motifs is 1. The predicted octanol–water partition coefficient (Wildman–Crippen LogP) is 3.00. The molecule has 4 atom stereocenters. The summed E-state index contributed by atoms with van der Waals surface area (Å²) in [6, 6.07) is 8.43. The normalized spacial score (nSPS) is 18.1. The van der Waals surface area contributed by atoms with Gasteiger partial charge in [-0.3, -0.25) is 29.0 Å². The smallest absolute Gasteiger partial charge is 0.323 e. The van der Waals surface area contributed by atoms with E-state index < -0.39 is 29.0 Å². The number of nitrogens with zero attached hydrogens (tertiary/aromatic N) is 3. The Morgan fingerprint density at radius 3 is 2.56 bits per heavy atom. The monoisotopic (exact) mass is 645 g/mol. The number of para-hydroxylation sites is 1. The summed E-state index contributed by atoms with van der Waals surface area (Å²) in [5.41, 5.74) is 12.0. The largest absolute Gasteiger partial charge is 0.497 e. The van der Waals surface area contributed by atoms with Gasteiger partial charge >= 0.3 is 11.9 Å². The lowest BCUT2D eigenvalue weighted by Crippen LogP contribution is -2.38. The number of nitrogen functional groups attached to an aromatic ring is 1. The number of rotatable bonds is 15. The number of hydrogen-bond donors (Lipinski definition) is 4. The number of aromatic amines is 1. The Morgan fingerprint density at radius 2 is 1.91 bits per heavy atom. The number of esters is 2. The average molecular weight is 646 g/mol. The van der Waals surface area contributed by atoms with E-state index in [0.29, 0.717) is 18.7 Å². The van der Waals surface area contributed by atoms with Crippen molar-refractivity contribution < 1.29 is 28.3 Å². The van der Waals surface area contributed by atoms with Crippen LogP contribution in [0.5, 0.6) is 5.75 Å². The number of hydrogen-bond acceptors (Lipinski definition) is 12. The summed E-state index contributed by atoms with van der Waals surface area (Å²) in [6.07, 6.45) is 5.59. The summed E-state index contributed by atoms with van der Waals surface area (Å²) >= 11 is 0. The molecule has 1 saturated carbocycles. The third kappa shape index (κ3) is 10.4. The average Bonchev–Trinajstić information content (AvgIpc) is 3.55. The fourth-order valence-corrected chi connectivity index (χ4v) is 4.70. The first-order chi connectivity index (χ1) is 21.5. The molecule has 1 aliphatic rings. The van der Waals surface area contributed by atoms with Gasteiger partial charge in [0.2, 0.25) is 5.95 Å². The van der Waals surface area contributed by atoms with Gasteiger partial charge in [-0.05, 0) is 43.4 Å². The maximum Gasteiger partial charge on any atom is 0.323 e. The first-order valence-corrected chi connectivity index (χ1v) is 15.7. The zero-order valence-corrected chi connectivity index (χ0v) is 27.4. The molecule has 0 aliphatic heterocycles. The summed E-state index contributed by atoms with van der Waals surface area (Å²) in [6.45, 7) is 8.12. The van der Waals surface area contributed by atoms with Gasteiger partial charge in [0.05, 0.1) is 34.7 Å². The number of carbonyl (C=O) groups is 2. The molecule has 0 spiro atoms. The number of ether oxygens (including phenoxy) is 3. The van der Waals surface area contributed by atoms with Gasteiger partial charge < -0.3 is 30.2 Å². The van der Waals surface area contributed by atoms with Crippen molar-refractivity contribution in [3.05, 3.63) is 52.6 Å². The van der Waals surface area contributed by atoms with Crippen LogP contribution in [0.2, 0.25) is 0 Å². The number of methoxy groups -OCH3 is 1. The lowest BCUT2D eigenvalue weighted by molar-refractivity contribution is -0.148. The van der Waals surface area contributed by atoms with Crippen molar-refractivity contribution in [2.45, 2.75) is 59.0 Å². The van der Waals surface area contributed by atoms with Crippen LogP contribution in [0.25, 0.3) is 17.4 Å². The van der Waals surface area contributed by atoms with Crippen molar-refractivity contribution in [3.63, 3.8) is 0 Å². The van der Waals surface area contributed by atoms with E-state index in [0.717, 1.165) is 24.2 Å². The molecule has 2 heterocycles. The molecule has 3 unspecified atom stereocenters. The number of benzene rings is 1. The van der Waals surface area contributed by atoms with Crippen LogP contribution < -0.4 is 26.9 Å². The second-order valence-electron chi connectivity index (χ2n) is 11.1. The van der Waals surface area contributed by atoms with Crippen LogP contribution in [0.4, 0.5) is 5.95 Å². The Balaban J connectivity index is 0.000000598. The van der Waals surface area contributed by atoms with Crippen molar-refractivity contribution >= 4 is 44.2 Å². The van der Waals surface area contributed by atoms with E-state index in [1.165, 1.54) is 6.33 Å². The lowest BCUT2D eigenvalue weighted by Gasteiger charge is -2.20. The van der Waals surface area contributed by atoms with E-state index >= 15 is 0 Å². The first kappa shape index (κ1) is 35.6. The maximum atomic E-state index is 12.4. The minimum atomic E-state index is -0.733. The number of H-pyrrole nitrogens is 1. The Labute approximate surface area is 264 Å². The highest BCUT2D eigenvalue weighted by Crippen LogP contribution is 2.53. The molecular formula is C30H44N7O7P. The number of aromatic nitrogens is 4. The van der Waals surface area contributed by atoms with E-state index in [4.69, 9.17) is 30.2 Å². The predicted molar refractivity (Wildman–Crippen MR) is 173 cm³/mol. The molecule has 4 rings (SSSR count). The van der Waals surface area contributed by atoms with E-state index in [-0.39, 0.29) is 45.5 Å². The van der Waals surface area contributed by atoms with Crippen molar-refractivity contribution in [3.8, 4) is 5.75 Å². The van der Waals surface area contributed by atoms with E-state index in [1.807, 2.05) is 51.1 Å². The van der Waals surface area contributed by atoms with Gasteiger partial charge in [-0.1, -0.05) is 45.4 Å². The molecule has 1 aliphatic carbocycles. The van der Waals surface area contributed by atoms with Gasteiger partial charge in [0.25, 0.3) is 5.56 Å². The van der Waals surface area contributed by atoms with Gasteiger partial charge in [-0.2, -0.15) is 4.98 Å². The van der Waals surface area contributed by atoms with Gasteiger partial charge in [0.15, 0.2) is 11.2 Å². The summed E-state index contributed by atoms with van der Waals surface area (Å²) in [7, 11) is 1.48.